The molecule has 0 aliphatic carbocycles. The highest BCUT2D eigenvalue weighted by molar-refractivity contribution is 7.07. The molecule has 1 aromatic heterocycles. The van der Waals surface area contributed by atoms with Gasteiger partial charge in [-0.25, -0.2) is 9.78 Å². The Morgan fingerprint density at radius 1 is 1.19 bits per heavy atom. The third kappa shape index (κ3) is 3.71. The van der Waals surface area contributed by atoms with Crippen molar-refractivity contribution in [1.82, 2.24) is 4.98 Å². The van der Waals surface area contributed by atoms with Crippen LogP contribution in [-0.4, -0.2) is 29.3 Å². The monoisotopic (exact) mass is 381 g/mol. The van der Waals surface area contributed by atoms with Crippen molar-refractivity contribution in [3.63, 3.8) is 0 Å². The molecule has 138 valence electrons. The van der Waals surface area contributed by atoms with E-state index >= 15 is 0 Å². The quantitative estimate of drug-likeness (QED) is 0.541. The van der Waals surface area contributed by atoms with Crippen molar-refractivity contribution in [1.29, 1.82) is 0 Å². The zero-order valence-corrected chi connectivity index (χ0v) is 15.2. The molecular formula is C19H19N5O2S. The molecule has 0 fully saturated rings. The molecule has 0 bridgehead atoms. The van der Waals surface area contributed by atoms with Gasteiger partial charge in [-0.3, -0.25) is 4.90 Å². The van der Waals surface area contributed by atoms with Crippen molar-refractivity contribution in [3.05, 3.63) is 65.1 Å². The van der Waals surface area contributed by atoms with Crippen LogP contribution in [0.1, 0.15) is 11.9 Å². The Balaban J connectivity index is 1.49. The van der Waals surface area contributed by atoms with Crippen LogP contribution in [0.15, 0.2) is 59.4 Å². The van der Waals surface area contributed by atoms with Gasteiger partial charge in [0.2, 0.25) is 0 Å². The number of aliphatic hydroxyl groups excluding tert-OH is 1. The van der Waals surface area contributed by atoms with E-state index in [1.54, 1.807) is 16.8 Å². The average molecular weight is 381 g/mol. The van der Waals surface area contributed by atoms with E-state index in [2.05, 4.69) is 20.9 Å². The molecule has 0 radical (unpaired) electrons. The molecule has 1 unspecified atom stereocenters. The zero-order valence-electron chi connectivity index (χ0n) is 14.4. The van der Waals surface area contributed by atoms with Crippen LogP contribution in [0.5, 0.6) is 0 Å². The smallest absolute Gasteiger partial charge is 0.326 e. The summed E-state index contributed by atoms with van der Waals surface area (Å²) in [4.78, 5) is 18.5. The van der Waals surface area contributed by atoms with E-state index in [9.17, 15) is 9.90 Å². The van der Waals surface area contributed by atoms with E-state index in [0.717, 1.165) is 22.8 Å². The Morgan fingerprint density at radius 2 is 2.00 bits per heavy atom. The summed E-state index contributed by atoms with van der Waals surface area (Å²) in [6.45, 7) is 0.0970. The van der Waals surface area contributed by atoms with Gasteiger partial charge in [-0.05, 0) is 30.3 Å². The molecule has 4 N–H and O–H groups in total. The predicted octanol–water partition coefficient (Wildman–Crippen LogP) is 3.71. The van der Waals surface area contributed by atoms with Gasteiger partial charge in [0.15, 0.2) is 0 Å². The number of hydrogen-bond acceptors (Lipinski definition) is 6. The number of benzene rings is 2. The average Bonchev–Trinajstić information content (AvgIpc) is 3.35. The fourth-order valence-electron chi connectivity index (χ4n) is 2.97. The normalized spacial score (nSPS) is 14.8. The lowest BCUT2D eigenvalue weighted by Gasteiger charge is -2.22. The molecule has 2 amide bonds. The molecule has 2 heterocycles. The Bertz CT molecular complexity index is 917. The minimum absolute atomic E-state index is 0.0765. The highest BCUT2D eigenvalue weighted by atomic mass is 32.1. The molecule has 1 atom stereocenters. The lowest BCUT2D eigenvalue weighted by atomic mass is 10.2. The van der Waals surface area contributed by atoms with Crippen LogP contribution >= 0.6 is 11.3 Å². The minimum Gasteiger partial charge on any atom is -0.395 e. The number of amides is 2. The Hall–Kier alpha value is -3.10. The second-order valence-corrected chi connectivity index (χ2v) is 6.75. The number of nitrogens with one attached hydrogen (secondary N) is 3. The molecule has 27 heavy (non-hydrogen) atoms. The molecular weight excluding hydrogens is 362 g/mol. The van der Waals surface area contributed by atoms with Gasteiger partial charge in [-0.1, -0.05) is 18.2 Å². The van der Waals surface area contributed by atoms with Gasteiger partial charge in [-0.2, -0.15) is 0 Å². The zero-order chi connectivity index (χ0) is 18.6. The molecule has 7 nitrogen and oxygen atoms in total. The van der Waals surface area contributed by atoms with Crippen molar-refractivity contribution in [2.24, 2.45) is 0 Å². The first-order valence-electron chi connectivity index (χ1n) is 8.54. The van der Waals surface area contributed by atoms with E-state index in [4.69, 9.17) is 0 Å². The number of thiazole rings is 1. The first-order valence-corrected chi connectivity index (χ1v) is 9.48. The number of hydrogen-bond donors (Lipinski definition) is 4. The molecule has 4 rings (SSSR count). The first-order chi connectivity index (χ1) is 13.2. The summed E-state index contributed by atoms with van der Waals surface area (Å²) >= 11 is 1.55. The molecule has 8 heteroatoms. The minimum atomic E-state index is -0.294. The SMILES string of the molecule is O=C(Nc1ccc2c(c1)NC(c1cscn1)N2)N(CCO)c1ccccc1. The molecule has 2 aromatic carbocycles. The van der Waals surface area contributed by atoms with Gasteiger partial charge in [-0.15, -0.1) is 11.3 Å². The second kappa shape index (κ2) is 7.65. The van der Waals surface area contributed by atoms with Crippen molar-refractivity contribution in [2.45, 2.75) is 6.17 Å². The number of aromatic nitrogens is 1. The van der Waals surface area contributed by atoms with Crippen LogP contribution in [-0.2, 0) is 0 Å². The van der Waals surface area contributed by atoms with Crippen LogP contribution < -0.4 is 20.9 Å². The van der Waals surface area contributed by atoms with Crippen LogP contribution in [0.2, 0.25) is 0 Å². The van der Waals surface area contributed by atoms with E-state index in [-0.39, 0.29) is 25.3 Å². The standard InChI is InChI=1S/C19H19N5O2S/c25-9-8-24(14-4-2-1-3-5-14)19(26)21-13-6-7-15-16(10-13)23-18(22-15)17-11-27-12-20-17/h1-7,10-12,18,22-23,25H,8-9H2,(H,21,26). The van der Waals surface area contributed by atoms with Gasteiger partial charge in [0, 0.05) is 16.8 Å². The summed E-state index contributed by atoms with van der Waals surface area (Å²) in [5.74, 6) is 0. The lowest BCUT2D eigenvalue weighted by molar-refractivity contribution is 0.252. The first kappa shape index (κ1) is 17.3. The molecule has 0 saturated heterocycles. The van der Waals surface area contributed by atoms with Gasteiger partial charge in [0.05, 0.1) is 35.7 Å². The summed E-state index contributed by atoms with van der Waals surface area (Å²) in [6, 6.07) is 14.6. The van der Waals surface area contributed by atoms with E-state index < -0.39 is 0 Å². The van der Waals surface area contributed by atoms with Gasteiger partial charge in [0.25, 0.3) is 0 Å². The van der Waals surface area contributed by atoms with Crippen LogP contribution in [0.25, 0.3) is 0 Å². The van der Waals surface area contributed by atoms with Crippen molar-refractivity contribution < 1.29 is 9.90 Å². The van der Waals surface area contributed by atoms with Crippen molar-refractivity contribution in [2.75, 3.05) is 34.0 Å². The summed E-state index contributed by atoms with van der Waals surface area (Å²) in [5, 5.41) is 20.9. The Labute approximate surface area is 160 Å². The van der Waals surface area contributed by atoms with E-state index in [1.807, 2.05) is 53.9 Å². The number of rotatable bonds is 5. The Kier molecular flexibility index (Phi) is 4.91. The second-order valence-electron chi connectivity index (χ2n) is 6.04. The molecule has 1 aliphatic rings. The third-order valence-corrected chi connectivity index (χ3v) is 4.86. The number of anilines is 4. The number of fused-ring (bicyclic) bond motifs is 1. The molecule has 0 saturated carbocycles. The fraction of sp³-hybridized carbons (Fsp3) is 0.158. The fourth-order valence-corrected chi connectivity index (χ4v) is 3.55. The van der Waals surface area contributed by atoms with Crippen LogP contribution in [0.4, 0.5) is 27.5 Å². The third-order valence-electron chi connectivity index (χ3n) is 4.25. The topological polar surface area (TPSA) is 89.5 Å². The summed E-state index contributed by atoms with van der Waals surface area (Å²) in [6.07, 6.45) is -0.0765. The van der Waals surface area contributed by atoms with Crippen LogP contribution in [0, 0.1) is 0 Å². The maximum Gasteiger partial charge on any atom is 0.326 e. The highest BCUT2D eigenvalue weighted by Gasteiger charge is 2.23. The largest absolute Gasteiger partial charge is 0.395 e. The van der Waals surface area contributed by atoms with E-state index in [1.165, 1.54) is 4.90 Å². The van der Waals surface area contributed by atoms with E-state index in [0.29, 0.717) is 5.69 Å². The number of carbonyl (C=O) groups excluding carboxylic acids is 1. The van der Waals surface area contributed by atoms with Gasteiger partial charge < -0.3 is 21.1 Å². The highest BCUT2D eigenvalue weighted by Crippen LogP contribution is 2.36. The lowest BCUT2D eigenvalue weighted by Crippen LogP contribution is -2.37. The number of carbonyl (C=O) groups is 1. The van der Waals surface area contributed by atoms with Crippen molar-refractivity contribution in [3.8, 4) is 0 Å². The summed E-state index contributed by atoms with van der Waals surface area (Å²) in [5.41, 5.74) is 5.99. The number of aliphatic hydroxyl groups is 1. The maximum absolute atomic E-state index is 12.7. The molecule has 3 aromatic rings. The summed E-state index contributed by atoms with van der Waals surface area (Å²) < 4.78 is 0. The maximum atomic E-state index is 12.7. The number of para-hydroxylation sites is 1. The van der Waals surface area contributed by atoms with Gasteiger partial charge in [0.1, 0.15) is 6.17 Å². The summed E-state index contributed by atoms with van der Waals surface area (Å²) in [7, 11) is 0. The van der Waals surface area contributed by atoms with Crippen molar-refractivity contribution >= 4 is 40.1 Å². The molecule has 1 aliphatic heterocycles. The number of nitrogens with zero attached hydrogens (tertiary/aromatic N) is 2. The Morgan fingerprint density at radius 3 is 2.74 bits per heavy atom. The number of urea groups is 1. The van der Waals surface area contributed by atoms with Gasteiger partial charge >= 0.3 is 6.03 Å². The van der Waals surface area contributed by atoms with Crippen LogP contribution in [0.3, 0.4) is 0 Å². The molecule has 0 spiro atoms. The predicted molar refractivity (Wildman–Crippen MR) is 108 cm³/mol.